The SMILES string of the molecule is CCn1cc(NS(=O)(=O)c2cnc(C)[nH]2)cn1. The molecule has 0 atom stereocenters. The van der Waals surface area contributed by atoms with E-state index in [0.29, 0.717) is 18.1 Å². The molecular weight excluding hydrogens is 242 g/mol. The van der Waals surface area contributed by atoms with Gasteiger partial charge in [-0.25, -0.2) is 4.98 Å². The number of nitrogens with one attached hydrogen (secondary N) is 2. The van der Waals surface area contributed by atoms with Crippen LogP contribution in [0.25, 0.3) is 0 Å². The fraction of sp³-hybridized carbons (Fsp3) is 0.333. The molecule has 2 aromatic rings. The van der Waals surface area contributed by atoms with Gasteiger partial charge in [-0.15, -0.1) is 0 Å². The van der Waals surface area contributed by atoms with Crippen molar-refractivity contribution in [2.75, 3.05) is 4.72 Å². The lowest BCUT2D eigenvalue weighted by atomic mass is 10.6. The van der Waals surface area contributed by atoms with Crippen LogP contribution in [-0.2, 0) is 16.6 Å². The summed E-state index contributed by atoms with van der Waals surface area (Å²) in [6.07, 6.45) is 4.37. The van der Waals surface area contributed by atoms with Crippen LogP contribution in [0.4, 0.5) is 5.69 Å². The third-order valence-corrected chi connectivity index (χ3v) is 3.47. The summed E-state index contributed by atoms with van der Waals surface area (Å²) >= 11 is 0. The monoisotopic (exact) mass is 255 g/mol. The highest BCUT2D eigenvalue weighted by Gasteiger charge is 2.17. The average Bonchev–Trinajstić information content (AvgIpc) is 2.86. The van der Waals surface area contributed by atoms with E-state index in [-0.39, 0.29) is 5.03 Å². The van der Waals surface area contributed by atoms with Crippen LogP contribution in [-0.4, -0.2) is 28.2 Å². The van der Waals surface area contributed by atoms with Crippen molar-refractivity contribution in [1.82, 2.24) is 19.7 Å². The summed E-state index contributed by atoms with van der Waals surface area (Å²) in [7, 11) is -3.61. The largest absolute Gasteiger partial charge is 0.332 e. The Bertz CT molecular complexity index is 613. The topological polar surface area (TPSA) is 92.7 Å². The third kappa shape index (κ3) is 2.47. The molecule has 0 spiro atoms. The maximum absolute atomic E-state index is 11.9. The zero-order valence-corrected chi connectivity index (χ0v) is 10.3. The average molecular weight is 255 g/mol. The molecule has 0 aliphatic rings. The van der Waals surface area contributed by atoms with E-state index < -0.39 is 10.0 Å². The fourth-order valence-electron chi connectivity index (χ4n) is 1.33. The molecule has 0 amide bonds. The molecule has 0 bridgehead atoms. The smallest absolute Gasteiger partial charge is 0.279 e. The molecule has 92 valence electrons. The number of hydrogen-bond acceptors (Lipinski definition) is 4. The second kappa shape index (κ2) is 4.21. The summed E-state index contributed by atoms with van der Waals surface area (Å²) in [5.74, 6) is 0.551. The number of aromatic amines is 1. The van der Waals surface area contributed by atoms with Gasteiger partial charge in [0.1, 0.15) is 5.82 Å². The van der Waals surface area contributed by atoms with E-state index >= 15 is 0 Å². The van der Waals surface area contributed by atoms with Crippen molar-refractivity contribution in [3.63, 3.8) is 0 Å². The molecule has 0 saturated carbocycles. The maximum Gasteiger partial charge on any atom is 0.279 e. The predicted octanol–water partition coefficient (Wildman–Crippen LogP) is 0.735. The molecule has 0 saturated heterocycles. The van der Waals surface area contributed by atoms with Gasteiger partial charge >= 0.3 is 0 Å². The first-order chi connectivity index (χ1) is 8.01. The predicted molar refractivity (Wildman–Crippen MR) is 62.0 cm³/mol. The van der Waals surface area contributed by atoms with Gasteiger partial charge < -0.3 is 4.98 Å². The van der Waals surface area contributed by atoms with E-state index in [4.69, 9.17) is 0 Å². The minimum Gasteiger partial charge on any atom is -0.332 e. The number of imidazole rings is 1. The van der Waals surface area contributed by atoms with Crippen molar-refractivity contribution < 1.29 is 8.42 Å². The lowest BCUT2D eigenvalue weighted by Crippen LogP contribution is -2.13. The Morgan fingerprint density at radius 1 is 1.47 bits per heavy atom. The molecule has 0 aliphatic carbocycles. The molecule has 0 unspecified atom stereocenters. The van der Waals surface area contributed by atoms with Crippen LogP contribution in [0.5, 0.6) is 0 Å². The van der Waals surface area contributed by atoms with Crippen LogP contribution in [0.15, 0.2) is 23.6 Å². The van der Waals surface area contributed by atoms with Crippen LogP contribution in [0.1, 0.15) is 12.7 Å². The van der Waals surface area contributed by atoms with Gasteiger partial charge in [0.05, 0.1) is 18.1 Å². The third-order valence-electron chi connectivity index (χ3n) is 2.18. The summed E-state index contributed by atoms with van der Waals surface area (Å²) < 4.78 is 27.8. The fourth-order valence-corrected chi connectivity index (χ4v) is 2.33. The Labute approximate surface area is 98.9 Å². The molecule has 2 rings (SSSR count). The first-order valence-electron chi connectivity index (χ1n) is 5.08. The van der Waals surface area contributed by atoms with Crippen molar-refractivity contribution in [2.45, 2.75) is 25.4 Å². The number of anilines is 1. The Balaban J connectivity index is 2.23. The highest BCUT2D eigenvalue weighted by Crippen LogP contribution is 2.13. The van der Waals surface area contributed by atoms with Crippen molar-refractivity contribution >= 4 is 15.7 Å². The maximum atomic E-state index is 11.9. The molecule has 2 aromatic heterocycles. The highest BCUT2D eigenvalue weighted by molar-refractivity contribution is 7.92. The lowest BCUT2D eigenvalue weighted by molar-refractivity contribution is 0.598. The normalized spacial score (nSPS) is 11.6. The van der Waals surface area contributed by atoms with Crippen molar-refractivity contribution in [3.05, 3.63) is 24.4 Å². The zero-order chi connectivity index (χ0) is 12.5. The van der Waals surface area contributed by atoms with Gasteiger partial charge in [0.15, 0.2) is 5.03 Å². The number of H-pyrrole nitrogens is 1. The summed E-state index contributed by atoms with van der Waals surface area (Å²) in [4.78, 5) is 6.52. The molecule has 0 aromatic carbocycles. The quantitative estimate of drug-likeness (QED) is 0.842. The second-order valence-corrected chi connectivity index (χ2v) is 5.17. The first-order valence-corrected chi connectivity index (χ1v) is 6.56. The van der Waals surface area contributed by atoms with Crippen molar-refractivity contribution in [2.24, 2.45) is 0 Å². The van der Waals surface area contributed by atoms with E-state index in [9.17, 15) is 8.42 Å². The van der Waals surface area contributed by atoms with E-state index in [1.165, 1.54) is 12.4 Å². The van der Waals surface area contributed by atoms with E-state index in [2.05, 4.69) is 19.8 Å². The summed E-state index contributed by atoms with van der Waals surface area (Å²) in [6, 6.07) is 0. The van der Waals surface area contributed by atoms with Gasteiger partial charge in [-0.3, -0.25) is 9.40 Å². The molecule has 7 nitrogen and oxygen atoms in total. The van der Waals surface area contributed by atoms with E-state index in [0.717, 1.165) is 0 Å². The minimum absolute atomic E-state index is 0.0410. The standard InChI is InChI=1S/C9H13N5O2S/c1-3-14-6-8(4-11-14)13-17(15,16)9-5-10-7(2)12-9/h4-6,13H,3H2,1-2H3,(H,10,12). The van der Waals surface area contributed by atoms with Crippen LogP contribution in [0, 0.1) is 6.92 Å². The minimum atomic E-state index is -3.61. The second-order valence-electron chi connectivity index (χ2n) is 3.52. The molecular formula is C9H13N5O2S. The number of aryl methyl sites for hydroxylation is 2. The summed E-state index contributed by atoms with van der Waals surface area (Å²) in [5, 5.41) is 4.02. The zero-order valence-electron chi connectivity index (χ0n) is 9.51. The number of sulfonamides is 1. The van der Waals surface area contributed by atoms with Gasteiger partial charge in [-0.2, -0.15) is 13.5 Å². The molecule has 2 N–H and O–H groups in total. The first kappa shape index (κ1) is 11.6. The Morgan fingerprint density at radius 2 is 2.24 bits per heavy atom. The molecule has 0 aliphatic heterocycles. The number of hydrogen-bond donors (Lipinski definition) is 2. The number of aromatic nitrogens is 4. The van der Waals surface area contributed by atoms with Crippen LogP contribution < -0.4 is 4.72 Å². The van der Waals surface area contributed by atoms with Gasteiger partial charge in [-0.1, -0.05) is 0 Å². The van der Waals surface area contributed by atoms with E-state index in [1.807, 2.05) is 6.92 Å². The number of nitrogens with zero attached hydrogens (tertiary/aromatic N) is 3. The molecule has 8 heteroatoms. The van der Waals surface area contributed by atoms with E-state index in [1.54, 1.807) is 17.8 Å². The highest BCUT2D eigenvalue weighted by atomic mass is 32.2. The Kier molecular flexibility index (Phi) is 2.88. The van der Waals surface area contributed by atoms with Crippen LogP contribution >= 0.6 is 0 Å². The Hall–Kier alpha value is -1.83. The van der Waals surface area contributed by atoms with Gasteiger partial charge in [0, 0.05) is 12.7 Å². The van der Waals surface area contributed by atoms with Crippen LogP contribution in [0.3, 0.4) is 0 Å². The van der Waals surface area contributed by atoms with Crippen molar-refractivity contribution in [1.29, 1.82) is 0 Å². The van der Waals surface area contributed by atoms with Gasteiger partial charge in [-0.05, 0) is 13.8 Å². The molecule has 0 radical (unpaired) electrons. The van der Waals surface area contributed by atoms with Gasteiger partial charge in [0.2, 0.25) is 0 Å². The molecule has 17 heavy (non-hydrogen) atoms. The van der Waals surface area contributed by atoms with Gasteiger partial charge in [0.25, 0.3) is 10.0 Å². The lowest BCUT2D eigenvalue weighted by Gasteiger charge is -2.02. The number of rotatable bonds is 4. The summed E-state index contributed by atoms with van der Waals surface area (Å²) in [6.45, 7) is 4.29. The van der Waals surface area contributed by atoms with Crippen molar-refractivity contribution in [3.8, 4) is 0 Å². The van der Waals surface area contributed by atoms with Crippen LogP contribution in [0.2, 0.25) is 0 Å². The Morgan fingerprint density at radius 3 is 2.76 bits per heavy atom. The molecule has 0 fully saturated rings. The summed E-state index contributed by atoms with van der Waals surface area (Å²) in [5.41, 5.74) is 0.430. The molecule has 2 heterocycles.